The molecule has 4 aromatic rings. The van der Waals surface area contributed by atoms with Gasteiger partial charge in [0.05, 0.1) is 26.4 Å². The molecule has 0 spiro atoms. The van der Waals surface area contributed by atoms with E-state index in [-0.39, 0.29) is 0 Å². The van der Waals surface area contributed by atoms with Gasteiger partial charge in [0.25, 0.3) is 0 Å². The van der Waals surface area contributed by atoms with Crippen LogP contribution in [0.5, 0.6) is 23.0 Å². The van der Waals surface area contributed by atoms with Crippen molar-refractivity contribution < 1.29 is 18.9 Å². The molecule has 8 nitrogen and oxygen atoms in total. The van der Waals surface area contributed by atoms with Crippen LogP contribution in [0.25, 0.3) is 0 Å². The van der Waals surface area contributed by atoms with E-state index in [0.717, 1.165) is 100 Å². The number of hydrogen-bond donors (Lipinski definition) is 4. The van der Waals surface area contributed by atoms with E-state index in [1.807, 2.05) is 0 Å². The van der Waals surface area contributed by atoms with Crippen molar-refractivity contribution in [3.05, 3.63) is 115 Å². The topological polar surface area (TPSA) is 141 Å². The van der Waals surface area contributed by atoms with E-state index in [2.05, 4.69) is 76.2 Å². The van der Waals surface area contributed by atoms with Gasteiger partial charge < -0.3 is 41.9 Å². The molecule has 8 bridgehead atoms. The second kappa shape index (κ2) is 34.4. The fourth-order valence-corrected chi connectivity index (χ4v) is 10.6. The van der Waals surface area contributed by atoms with E-state index in [1.54, 1.807) is 0 Å². The number of aryl methyl sites for hydroxylation is 4. The van der Waals surface area contributed by atoms with Gasteiger partial charge in [-0.25, -0.2) is 0 Å². The number of hydrogen-bond acceptors (Lipinski definition) is 8. The lowest BCUT2D eigenvalue weighted by Gasteiger charge is -2.25. The van der Waals surface area contributed by atoms with Crippen molar-refractivity contribution in [3.63, 3.8) is 0 Å². The maximum atomic E-state index is 7.05. The Hall–Kier alpha value is -4.08. The Labute approximate surface area is 438 Å². The van der Waals surface area contributed by atoms with Gasteiger partial charge in [-0.2, -0.15) is 0 Å². The normalized spacial score (nSPS) is 12.3. The molecule has 5 rings (SSSR count). The monoisotopic (exact) mass is 989 g/mol. The van der Waals surface area contributed by atoms with Crippen molar-refractivity contribution in [1.29, 1.82) is 0 Å². The second-order valence-electron chi connectivity index (χ2n) is 20.9. The van der Waals surface area contributed by atoms with Crippen LogP contribution in [0.15, 0.2) is 48.5 Å². The van der Waals surface area contributed by atoms with Gasteiger partial charge in [0, 0.05) is 25.7 Å². The summed E-state index contributed by atoms with van der Waals surface area (Å²) in [6.07, 6.45) is 29.3. The highest BCUT2D eigenvalue weighted by molar-refractivity contribution is 5.59. The number of ether oxygens (including phenoxy) is 4. The van der Waals surface area contributed by atoms with Crippen LogP contribution in [-0.2, 0) is 51.4 Å². The average molecular weight is 990 g/mol. The van der Waals surface area contributed by atoms with Gasteiger partial charge in [-0.15, -0.1) is 0 Å². The summed E-state index contributed by atoms with van der Waals surface area (Å²) in [7, 11) is 0. The van der Waals surface area contributed by atoms with Gasteiger partial charge in [-0.1, -0.05) is 153 Å². The first-order valence-electron chi connectivity index (χ1n) is 29.3. The summed E-state index contributed by atoms with van der Waals surface area (Å²) in [6, 6.07) is 19.7. The lowest BCUT2D eigenvalue weighted by molar-refractivity contribution is 0.301. The molecular weight excluding hydrogens is 889 g/mol. The number of rotatable bonds is 36. The number of benzene rings is 4. The standard InChI is InChI=1S/C64H100N4O4/c1-5-9-13-17-25-49-37-53-45-55-39-50(26-18-14-10-6-2)41-57(62(55)70-34-22-30-66)47-59-43-52(28-20-16-12-8-4)44-60(64(59)72-36-24-32-68)48-58-42-51(27-19-15-11-7-3)40-56(63(58)71-35-23-31-67)46-54(38-49)61(53)69-33-21-29-65/h37-44H,5-36,45-48,65-68H2,1-4H3. The highest BCUT2D eigenvalue weighted by atomic mass is 16.5. The quantitative estimate of drug-likeness (QED) is 0.0291. The minimum absolute atomic E-state index is 0.555. The molecular formula is C64H100N4O4. The zero-order chi connectivity index (χ0) is 51.2. The average Bonchev–Trinajstić information content (AvgIpc) is 3.37. The zero-order valence-electron chi connectivity index (χ0n) is 46.0. The lowest BCUT2D eigenvalue weighted by Crippen LogP contribution is -2.14. The first-order chi connectivity index (χ1) is 35.4. The van der Waals surface area contributed by atoms with Gasteiger partial charge in [0.1, 0.15) is 23.0 Å². The molecule has 72 heavy (non-hydrogen) atoms. The first kappa shape index (κ1) is 58.8. The summed E-state index contributed by atoms with van der Waals surface area (Å²) >= 11 is 0. The van der Waals surface area contributed by atoms with Crippen molar-refractivity contribution in [3.8, 4) is 23.0 Å². The Morgan fingerprint density at radius 1 is 0.278 bits per heavy atom. The Bertz CT molecular complexity index is 1760. The maximum Gasteiger partial charge on any atom is 0.126 e. The highest BCUT2D eigenvalue weighted by Crippen LogP contribution is 2.42. The fraction of sp³-hybridized carbons (Fsp3) is 0.625. The van der Waals surface area contributed by atoms with E-state index in [4.69, 9.17) is 41.9 Å². The highest BCUT2D eigenvalue weighted by Gasteiger charge is 2.25. The molecule has 1 aliphatic rings. The first-order valence-corrected chi connectivity index (χ1v) is 29.3. The minimum atomic E-state index is 0.555. The zero-order valence-corrected chi connectivity index (χ0v) is 46.0. The molecule has 400 valence electrons. The molecule has 8 heteroatoms. The second-order valence-corrected chi connectivity index (χ2v) is 20.9. The van der Waals surface area contributed by atoms with Crippen LogP contribution in [0.3, 0.4) is 0 Å². The van der Waals surface area contributed by atoms with Crippen molar-refractivity contribution in [2.75, 3.05) is 52.6 Å². The third kappa shape index (κ3) is 19.3. The molecule has 0 heterocycles. The van der Waals surface area contributed by atoms with Crippen molar-refractivity contribution in [1.82, 2.24) is 0 Å². The summed E-state index contributed by atoms with van der Waals surface area (Å²) in [6.45, 7) is 13.7. The van der Waals surface area contributed by atoms with Crippen LogP contribution in [-0.4, -0.2) is 52.6 Å². The summed E-state index contributed by atoms with van der Waals surface area (Å²) < 4.78 is 28.2. The predicted molar refractivity (Wildman–Crippen MR) is 305 cm³/mol. The Morgan fingerprint density at radius 2 is 0.472 bits per heavy atom. The Kier molecular flexibility index (Phi) is 28.1. The fourth-order valence-electron chi connectivity index (χ4n) is 10.6. The SMILES string of the molecule is CCCCCCc1cc2c(OCCCN)c(c1)Cc1cc(CCCCCC)cc(c1OCCCN)Cc1cc(CCCCCC)cc(c1OCCCN)Cc1cc(CCCCCC)cc(c1OCCCN)C2. The van der Waals surface area contributed by atoms with Gasteiger partial charge in [0.2, 0.25) is 0 Å². The van der Waals surface area contributed by atoms with Gasteiger partial charge >= 0.3 is 0 Å². The van der Waals surface area contributed by atoms with E-state index < -0.39 is 0 Å². The third-order valence-corrected chi connectivity index (χ3v) is 14.4. The molecule has 0 saturated heterocycles. The number of nitrogens with two attached hydrogens (primary N) is 4. The lowest BCUT2D eigenvalue weighted by atomic mass is 9.87. The van der Waals surface area contributed by atoms with Crippen LogP contribution >= 0.6 is 0 Å². The Morgan fingerprint density at radius 3 is 0.639 bits per heavy atom. The number of unbranched alkanes of at least 4 members (excludes halogenated alkanes) is 12. The smallest absolute Gasteiger partial charge is 0.126 e. The third-order valence-electron chi connectivity index (χ3n) is 14.4. The van der Waals surface area contributed by atoms with E-state index in [9.17, 15) is 0 Å². The van der Waals surface area contributed by atoms with Crippen LogP contribution in [0, 0.1) is 0 Å². The predicted octanol–water partition coefficient (Wildman–Crippen LogP) is 13.8. The van der Waals surface area contributed by atoms with Gasteiger partial charge in [-0.05, 0) is 170 Å². The summed E-state index contributed by atoms with van der Waals surface area (Å²) in [5, 5.41) is 0. The molecule has 0 radical (unpaired) electrons. The van der Waals surface area contributed by atoms with Crippen LogP contribution < -0.4 is 41.9 Å². The van der Waals surface area contributed by atoms with E-state index in [1.165, 1.54) is 144 Å². The summed E-state index contributed by atoms with van der Waals surface area (Å²) in [4.78, 5) is 0. The Balaban J connectivity index is 1.90. The van der Waals surface area contributed by atoms with Gasteiger partial charge in [-0.3, -0.25) is 0 Å². The minimum Gasteiger partial charge on any atom is -0.493 e. The van der Waals surface area contributed by atoms with Crippen LogP contribution in [0.2, 0.25) is 0 Å². The summed E-state index contributed by atoms with van der Waals surface area (Å²) in [5.74, 6) is 3.91. The number of fused-ring (bicyclic) bond motifs is 8. The molecule has 1 aliphatic carbocycles. The van der Waals surface area contributed by atoms with E-state index in [0.29, 0.717) is 78.3 Å². The maximum absolute atomic E-state index is 7.05. The van der Waals surface area contributed by atoms with Crippen molar-refractivity contribution >= 4 is 0 Å². The molecule has 0 aromatic heterocycles. The molecule has 0 saturated carbocycles. The molecule has 0 fully saturated rings. The van der Waals surface area contributed by atoms with Gasteiger partial charge in [0.15, 0.2) is 0 Å². The van der Waals surface area contributed by atoms with Crippen molar-refractivity contribution in [2.24, 2.45) is 22.9 Å². The van der Waals surface area contributed by atoms with Crippen molar-refractivity contribution in [2.45, 2.75) is 207 Å². The molecule has 0 amide bonds. The molecule has 0 unspecified atom stereocenters. The molecule has 8 N–H and O–H groups in total. The molecule has 4 aromatic carbocycles. The van der Waals surface area contributed by atoms with E-state index >= 15 is 0 Å². The summed E-state index contributed by atoms with van der Waals surface area (Å²) in [5.41, 5.74) is 39.9. The van der Waals surface area contributed by atoms with Crippen LogP contribution in [0.1, 0.15) is 223 Å². The molecule has 0 aliphatic heterocycles. The molecule has 0 atom stereocenters. The van der Waals surface area contributed by atoms with Crippen LogP contribution in [0.4, 0.5) is 0 Å². The largest absolute Gasteiger partial charge is 0.493 e.